The van der Waals surface area contributed by atoms with Crippen LogP contribution in [-0.2, 0) is 11.3 Å². The van der Waals surface area contributed by atoms with Crippen LogP contribution in [0.4, 0.5) is 4.39 Å². The van der Waals surface area contributed by atoms with Gasteiger partial charge in [0, 0.05) is 11.4 Å². The lowest BCUT2D eigenvalue weighted by molar-refractivity contribution is -0.122. The van der Waals surface area contributed by atoms with Gasteiger partial charge in [0.2, 0.25) is 5.91 Å². The zero-order valence-corrected chi connectivity index (χ0v) is 15.7. The first kappa shape index (κ1) is 18.8. The van der Waals surface area contributed by atoms with Crippen molar-refractivity contribution in [1.29, 1.82) is 0 Å². The number of halogens is 1. The number of benzene rings is 1. The Morgan fingerprint density at radius 3 is 2.44 bits per heavy atom. The molecule has 7 nitrogen and oxygen atoms in total. The molecular formula is C19H22FN5O2. The fourth-order valence-electron chi connectivity index (χ4n) is 2.91. The molecule has 0 saturated carbocycles. The number of nitrogens with zero attached hydrogens (tertiary/aromatic N) is 4. The summed E-state index contributed by atoms with van der Waals surface area (Å²) in [4.78, 5) is 25.2. The summed E-state index contributed by atoms with van der Waals surface area (Å²) in [5.74, 6) is -0.637. The maximum Gasteiger partial charge on any atom is 0.293 e. The molecule has 142 valence electrons. The maximum atomic E-state index is 13.3. The SMILES string of the molecule is CC(C)NC(=O)Cn1nc(C(C)C)c2cnn(-c3ccc(F)cc3)c2c1=O. The van der Waals surface area contributed by atoms with E-state index >= 15 is 0 Å². The van der Waals surface area contributed by atoms with Crippen molar-refractivity contribution >= 4 is 16.8 Å². The van der Waals surface area contributed by atoms with Crippen molar-refractivity contribution < 1.29 is 9.18 Å². The number of hydrogen-bond donors (Lipinski definition) is 1. The Morgan fingerprint density at radius 2 is 1.85 bits per heavy atom. The first-order chi connectivity index (χ1) is 12.8. The minimum atomic E-state index is -0.421. The second-order valence-corrected chi connectivity index (χ2v) is 7.02. The molecule has 0 aliphatic carbocycles. The molecule has 0 aliphatic heterocycles. The van der Waals surface area contributed by atoms with Crippen LogP contribution in [0.3, 0.4) is 0 Å². The van der Waals surface area contributed by atoms with Crippen molar-refractivity contribution in [1.82, 2.24) is 24.9 Å². The molecule has 0 unspecified atom stereocenters. The standard InChI is InChI=1S/C19H22FN5O2/c1-11(2)17-15-9-21-25(14-7-5-13(20)6-8-14)18(15)19(27)24(23-17)10-16(26)22-12(3)4/h5-9,11-12H,10H2,1-4H3,(H,22,26). The normalized spacial score (nSPS) is 11.5. The number of nitrogens with one attached hydrogen (secondary N) is 1. The molecule has 3 rings (SSSR count). The van der Waals surface area contributed by atoms with Crippen molar-refractivity contribution in [2.24, 2.45) is 0 Å². The Labute approximate surface area is 155 Å². The minimum absolute atomic E-state index is 0.0263. The van der Waals surface area contributed by atoms with Crippen LogP contribution in [-0.4, -0.2) is 31.5 Å². The monoisotopic (exact) mass is 371 g/mol. The van der Waals surface area contributed by atoms with Crippen LogP contribution in [0.1, 0.15) is 39.3 Å². The van der Waals surface area contributed by atoms with Crippen molar-refractivity contribution in [3.63, 3.8) is 0 Å². The quantitative estimate of drug-likeness (QED) is 0.747. The van der Waals surface area contributed by atoms with Gasteiger partial charge in [-0.1, -0.05) is 13.8 Å². The van der Waals surface area contributed by atoms with Crippen molar-refractivity contribution in [2.75, 3.05) is 0 Å². The summed E-state index contributed by atoms with van der Waals surface area (Å²) < 4.78 is 15.9. The first-order valence-electron chi connectivity index (χ1n) is 8.82. The number of amides is 1. The van der Waals surface area contributed by atoms with Gasteiger partial charge >= 0.3 is 0 Å². The third-order valence-corrected chi connectivity index (χ3v) is 4.07. The first-order valence-corrected chi connectivity index (χ1v) is 8.82. The molecule has 0 saturated heterocycles. The summed E-state index contributed by atoms with van der Waals surface area (Å²) in [6, 6.07) is 5.68. The maximum absolute atomic E-state index is 13.3. The molecule has 0 atom stereocenters. The highest BCUT2D eigenvalue weighted by Gasteiger charge is 2.20. The number of hydrogen-bond acceptors (Lipinski definition) is 4. The van der Waals surface area contributed by atoms with Gasteiger partial charge in [0.25, 0.3) is 5.56 Å². The zero-order valence-electron chi connectivity index (χ0n) is 15.7. The van der Waals surface area contributed by atoms with E-state index in [0.29, 0.717) is 22.3 Å². The lowest BCUT2D eigenvalue weighted by atomic mass is 10.1. The number of carbonyl (C=O) groups excluding carboxylic acids is 1. The van der Waals surface area contributed by atoms with Gasteiger partial charge in [-0.3, -0.25) is 9.59 Å². The molecule has 1 N–H and O–H groups in total. The molecule has 0 bridgehead atoms. The highest BCUT2D eigenvalue weighted by Crippen LogP contribution is 2.23. The largest absolute Gasteiger partial charge is 0.352 e. The summed E-state index contributed by atoms with van der Waals surface area (Å²) >= 11 is 0. The lowest BCUT2D eigenvalue weighted by Gasteiger charge is -2.13. The van der Waals surface area contributed by atoms with Crippen LogP contribution in [0.15, 0.2) is 35.3 Å². The van der Waals surface area contributed by atoms with Gasteiger partial charge in [-0.2, -0.15) is 10.2 Å². The van der Waals surface area contributed by atoms with E-state index in [1.807, 2.05) is 27.7 Å². The molecule has 2 heterocycles. The van der Waals surface area contributed by atoms with Crippen LogP contribution in [0.25, 0.3) is 16.6 Å². The van der Waals surface area contributed by atoms with Crippen LogP contribution in [0.2, 0.25) is 0 Å². The van der Waals surface area contributed by atoms with Gasteiger partial charge in [-0.15, -0.1) is 0 Å². The highest BCUT2D eigenvalue weighted by molar-refractivity contribution is 5.82. The molecule has 2 aromatic heterocycles. The van der Waals surface area contributed by atoms with Crippen molar-refractivity contribution in [2.45, 2.75) is 46.2 Å². The van der Waals surface area contributed by atoms with Gasteiger partial charge in [-0.25, -0.2) is 13.8 Å². The summed E-state index contributed by atoms with van der Waals surface area (Å²) in [6.07, 6.45) is 1.58. The fourth-order valence-corrected chi connectivity index (χ4v) is 2.91. The molecule has 0 aliphatic rings. The molecule has 27 heavy (non-hydrogen) atoms. The van der Waals surface area contributed by atoms with Crippen LogP contribution >= 0.6 is 0 Å². The molecule has 0 spiro atoms. The average Bonchev–Trinajstić information content (AvgIpc) is 3.02. The van der Waals surface area contributed by atoms with E-state index < -0.39 is 5.56 Å². The summed E-state index contributed by atoms with van der Waals surface area (Å²) in [6.45, 7) is 7.43. The number of aromatic nitrogens is 4. The number of fused-ring (bicyclic) bond motifs is 1. The topological polar surface area (TPSA) is 81.8 Å². The van der Waals surface area contributed by atoms with Gasteiger partial charge < -0.3 is 5.32 Å². The second-order valence-electron chi connectivity index (χ2n) is 7.02. The van der Waals surface area contributed by atoms with Crippen molar-refractivity contribution in [3.05, 3.63) is 52.3 Å². The Bertz CT molecular complexity index is 1030. The van der Waals surface area contributed by atoms with E-state index in [-0.39, 0.29) is 30.2 Å². The van der Waals surface area contributed by atoms with E-state index in [4.69, 9.17) is 0 Å². The molecule has 8 heteroatoms. The molecule has 0 fully saturated rings. The third kappa shape index (κ3) is 3.74. The van der Waals surface area contributed by atoms with Gasteiger partial charge in [-0.05, 0) is 44.0 Å². The molecule has 1 aromatic carbocycles. The van der Waals surface area contributed by atoms with Crippen LogP contribution in [0.5, 0.6) is 0 Å². The second kappa shape index (κ2) is 7.30. The Balaban J connectivity index is 2.19. The van der Waals surface area contributed by atoms with E-state index in [2.05, 4.69) is 15.5 Å². The predicted octanol–water partition coefficient (Wildman–Crippen LogP) is 2.37. The Hall–Kier alpha value is -3.03. The van der Waals surface area contributed by atoms with Crippen LogP contribution in [0, 0.1) is 5.82 Å². The minimum Gasteiger partial charge on any atom is -0.352 e. The molecule has 1 amide bonds. The molecule has 0 radical (unpaired) electrons. The smallest absolute Gasteiger partial charge is 0.293 e. The van der Waals surface area contributed by atoms with Crippen molar-refractivity contribution in [3.8, 4) is 5.69 Å². The molecule has 3 aromatic rings. The number of rotatable bonds is 5. The zero-order chi connectivity index (χ0) is 19.7. The highest BCUT2D eigenvalue weighted by atomic mass is 19.1. The summed E-state index contributed by atoms with van der Waals surface area (Å²) in [5, 5.41) is 12.1. The van der Waals surface area contributed by atoms with Crippen LogP contribution < -0.4 is 10.9 Å². The van der Waals surface area contributed by atoms with E-state index in [1.165, 1.54) is 16.8 Å². The average molecular weight is 371 g/mol. The van der Waals surface area contributed by atoms with E-state index in [9.17, 15) is 14.0 Å². The third-order valence-electron chi connectivity index (χ3n) is 4.07. The number of carbonyl (C=O) groups is 1. The van der Waals surface area contributed by atoms with Gasteiger partial charge in [0.1, 0.15) is 17.9 Å². The Kier molecular flexibility index (Phi) is 5.07. The Morgan fingerprint density at radius 1 is 1.19 bits per heavy atom. The fraction of sp³-hybridized carbons (Fsp3) is 0.368. The van der Waals surface area contributed by atoms with Gasteiger partial charge in [0.05, 0.1) is 17.6 Å². The lowest BCUT2D eigenvalue weighted by Crippen LogP contribution is -2.37. The van der Waals surface area contributed by atoms with E-state index in [1.54, 1.807) is 18.3 Å². The van der Waals surface area contributed by atoms with Gasteiger partial charge in [0.15, 0.2) is 0 Å². The summed E-state index contributed by atoms with van der Waals surface area (Å²) in [5.41, 5.74) is 1.13. The van der Waals surface area contributed by atoms with E-state index in [0.717, 1.165) is 4.68 Å². The molecular weight excluding hydrogens is 349 g/mol. The summed E-state index contributed by atoms with van der Waals surface area (Å²) in [7, 11) is 0. The predicted molar refractivity (Wildman–Crippen MR) is 100 cm³/mol.